The van der Waals surface area contributed by atoms with Crippen LogP contribution in [-0.4, -0.2) is 42.9 Å². The predicted octanol–water partition coefficient (Wildman–Crippen LogP) is 7.36. The Morgan fingerprint density at radius 1 is 1.16 bits per heavy atom. The minimum Gasteiger partial charge on any atom is -0.456 e. The van der Waals surface area contributed by atoms with Gasteiger partial charge in [0.2, 0.25) is 0 Å². The van der Waals surface area contributed by atoms with Crippen molar-refractivity contribution >= 4 is 40.6 Å². The number of piperidine rings is 1. The summed E-state index contributed by atoms with van der Waals surface area (Å²) in [6.45, 7) is 4.12. The lowest BCUT2D eigenvalue weighted by atomic mass is 9.89. The van der Waals surface area contributed by atoms with Crippen molar-refractivity contribution in [2.45, 2.75) is 36.8 Å². The van der Waals surface area contributed by atoms with Crippen molar-refractivity contribution in [3.63, 3.8) is 0 Å². The van der Waals surface area contributed by atoms with E-state index in [0.29, 0.717) is 22.8 Å². The molecule has 0 saturated carbocycles. The van der Waals surface area contributed by atoms with Crippen molar-refractivity contribution in [1.29, 1.82) is 0 Å². The molecule has 1 saturated heterocycles. The van der Waals surface area contributed by atoms with E-state index in [9.17, 15) is 9.50 Å². The summed E-state index contributed by atoms with van der Waals surface area (Å²) in [4.78, 5) is 1.26. The molecule has 0 radical (unpaired) electrons. The highest BCUT2D eigenvalue weighted by Crippen LogP contribution is 2.44. The van der Waals surface area contributed by atoms with Crippen molar-refractivity contribution in [1.82, 2.24) is 9.62 Å². The van der Waals surface area contributed by atoms with Crippen LogP contribution >= 0.6 is 23.9 Å². The normalized spacial score (nSPS) is 17.2. The molecule has 1 unspecified atom stereocenters. The first-order chi connectivity index (χ1) is 18.4. The molecule has 4 aromatic rings. The van der Waals surface area contributed by atoms with Gasteiger partial charge >= 0.3 is 0 Å². The smallest absolute Gasteiger partial charge is 0.142 e. The molecule has 1 aromatic heterocycles. The number of anilines is 1. The highest BCUT2D eigenvalue weighted by molar-refractivity contribution is 7.99. The average Bonchev–Trinajstić information content (AvgIpc) is 3.30. The van der Waals surface area contributed by atoms with Crippen molar-refractivity contribution in [2.24, 2.45) is 0 Å². The van der Waals surface area contributed by atoms with Gasteiger partial charge in [0, 0.05) is 53.9 Å². The zero-order valence-electron chi connectivity index (χ0n) is 22.2. The summed E-state index contributed by atoms with van der Waals surface area (Å²) in [7, 11) is 3.79. The van der Waals surface area contributed by atoms with Gasteiger partial charge in [-0.15, -0.1) is 0 Å². The third-order valence-corrected chi connectivity index (χ3v) is 8.99. The Morgan fingerprint density at radius 3 is 2.66 bits per heavy atom. The fourth-order valence-electron chi connectivity index (χ4n) is 5.20. The largest absolute Gasteiger partial charge is 0.456 e. The molecule has 0 bridgehead atoms. The summed E-state index contributed by atoms with van der Waals surface area (Å²) in [6.07, 6.45) is 3.35. The Balaban J connectivity index is 1.58. The zero-order chi connectivity index (χ0) is 26.8. The van der Waals surface area contributed by atoms with Crippen LogP contribution < -0.4 is 9.62 Å². The highest BCUT2D eigenvalue weighted by atomic mass is 32.2. The molecule has 8 heteroatoms. The lowest BCUT2D eigenvalue weighted by molar-refractivity contribution is 0.150. The molecule has 1 aliphatic heterocycles. The van der Waals surface area contributed by atoms with Gasteiger partial charge in [-0.3, -0.25) is 5.32 Å². The first-order valence-corrected chi connectivity index (χ1v) is 14.8. The number of benzene rings is 3. The summed E-state index contributed by atoms with van der Waals surface area (Å²) in [5.74, 6) is 0.577. The minimum atomic E-state index is -0.923. The first-order valence-electron chi connectivity index (χ1n) is 12.9. The topological polar surface area (TPSA) is 51.9 Å². The predicted molar refractivity (Wildman–Crippen MR) is 158 cm³/mol. The summed E-state index contributed by atoms with van der Waals surface area (Å²) in [5.41, 5.74) is 5.74. The molecule has 5 rings (SSSR count). The van der Waals surface area contributed by atoms with Crippen LogP contribution in [0.25, 0.3) is 22.3 Å². The van der Waals surface area contributed by atoms with Crippen LogP contribution in [0.2, 0.25) is 0 Å². The van der Waals surface area contributed by atoms with Crippen LogP contribution in [0.5, 0.6) is 0 Å². The zero-order valence-corrected chi connectivity index (χ0v) is 23.8. The maximum Gasteiger partial charge on any atom is 0.142 e. The number of nitrogens with zero attached hydrogens (tertiary/aromatic N) is 2. The monoisotopic (exact) mass is 551 g/mol. The van der Waals surface area contributed by atoms with E-state index in [1.165, 1.54) is 28.2 Å². The Morgan fingerprint density at radius 2 is 1.95 bits per heavy atom. The molecule has 5 nitrogen and oxygen atoms in total. The van der Waals surface area contributed by atoms with Crippen molar-refractivity contribution in [3.05, 3.63) is 83.2 Å². The number of furan rings is 1. The second-order valence-electron chi connectivity index (χ2n) is 9.77. The lowest BCUT2D eigenvalue weighted by Crippen LogP contribution is -2.29. The first kappa shape index (κ1) is 27.1. The van der Waals surface area contributed by atoms with Crippen LogP contribution in [0.1, 0.15) is 41.7 Å². The third kappa shape index (κ3) is 5.60. The molecule has 3 aromatic carbocycles. The fraction of sp³-hybridized carbons (Fsp3) is 0.333. The van der Waals surface area contributed by atoms with E-state index in [1.54, 1.807) is 31.1 Å². The van der Waals surface area contributed by atoms with Crippen molar-refractivity contribution in [3.8, 4) is 11.3 Å². The van der Waals surface area contributed by atoms with Gasteiger partial charge in [0.25, 0.3) is 0 Å². The van der Waals surface area contributed by atoms with Gasteiger partial charge in [-0.1, -0.05) is 24.1 Å². The van der Waals surface area contributed by atoms with Crippen LogP contribution in [0.4, 0.5) is 10.1 Å². The van der Waals surface area contributed by atoms with Gasteiger partial charge in [-0.25, -0.2) is 8.70 Å². The number of aliphatic hydroxyl groups is 1. The van der Waals surface area contributed by atoms with Gasteiger partial charge in [0.05, 0.1) is 5.69 Å². The Bertz CT molecular complexity index is 1410. The Kier molecular flexibility index (Phi) is 8.35. The van der Waals surface area contributed by atoms with Crippen LogP contribution in [0.3, 0.4) is 0 Å². The SMILES string of the molecule is CNC(O)c1c(-c2ccc(F)cc2)oc2cc(N(C)SC)c([C@@H]3CCCN(Sc4cccc(C)c4)C3)cc12. The van der Waals surface area contributed by atoms with Gasteiger partial charge in [0.1, 0.15) is 23.4 Å². The van der Waals surface area contributed by atoms with Gasteiger partial charge in [-0.2, -0.15) is 0 Å². The number of hydrogen-bond donors (Lipinski definition) is 2. The molecule has 0 aliphatic carbocycles. The average molecular weight is 552 g/mol. The lowest BCUT2D eigenvalue weighted by Gasteiger charge is -2.34. The summed E-state index contributed by atoms with van der Waals surface area (Å²) >= 11 is 3.49. The summed E-state index contributed by atoms with van der Waals surface area (Å²) < 4.78 is 24.7. The molecule has 2 N–H and O–H groups in total. The summed E-state index contributed by atoms with van der Waals surface area (Å²) in [6, 6.07) is 19.2. The standard InChI is InChI=1S/C30H34FN3O2S2/c1-19-7-5-9-23(15-19)38-34-14-6-8-21(18-34)24-16-25-27(17-26(24)33(3)37-4)36-29(28(25)30(35)32-2)20-10-12-22(31)13-11-20/h5,7,9-13,15-17,21,30,32,35H,6,8,14,18H2,1-4H3/t21-,30?/m1/s1. The van der Waals surface area contributed by atoms with E-state index in [1.807, 2.05) is 11.9 Å². The number of halogens is 1. The van der Waals surface area contributed by atoms with E-state index in [4.69, 9.17) is 4.42 Å². The van der Waals surface area contributed by atoms with Crippen molar-refractivity contribution in [2.75, 3.05) is 37.7 Å². The van der Waals surface area contributed by atoms with Crippen LogP contribution in [0, 0.1) is 12.7 Å². The number of hydrogen-bond acceptors (Lipinski definition) is 7. The maximum atomic E-state index is 13.7. The summed E-state index contributed by atoms with van der Waals surface area (Å²) in [5, 5.41) is 14.8. The van der Waals surface area contributed by atoms with Crippen molar-refractivity contribution < 1.29 is 13.9 Å². The van der Waals surface area contributed by atoms with Gasteiger partial charge < -0.3 is 13.8 Å². The molecule has 0 amide bonds. The molecule has 0 spiro atoms. The third-order valence-electron chi connectivity index (χ3n) is 7.19. The molecule has 200 valence electrons. The molecular weight excluding hydrogens is 517 g/mol. The molecule has 1 aliphatic rings. The number of rotatable bonds is 8. The highest BCUT2D eigenvalue weighted by Gasteiger charge is 2.29. The number of aliphatic hydroxyl groups excluding tert-OH is 1. The fourth-order valence-corrected chi connectivity index (χ4v) is 6.70. The van der Waals surface area contributed by atoms with Crippen LogP contribution in [0.15, 0.2) is 70.0 Å². The van der Waals surface area contributed by atoms with E-state index in [0.717, 1.165) is 42.6 Å². The molecule has 2 heterocycles. The quantitative estimate of drug-likeness (QED) is 0.175. The van der Waals surface area contributed by atoms with Gasteiger partial charge in [-0.05, 0) is 98.3 Å². The minimum absolute atomic E-state index is 0.308. The Labute approximate surface area is 232 Å². The van der Waals surface area contributed by atoms with E-state index < -0.39 is 6.23 Å². The van der Waals surface area contributed by atoms with E-state index in [-0.39, 0.29) is 5.82 Å². The maximum absolute atomic E-state index is 13.7. The second kappa shape index (κ2) is 11.7. The van der Waals surface area contributed by atoms with Crippen LogP contribution in [-0.2, 0) is 0 Å². The number of nitrogens with one attached hydrogen (secondary N) is 1. The molecule has 2 atom stereocenters. The molecule has 38 heavy (non-hydrogen) atoms. The number of fused-ring (bicyclic) bond motifs is 1. The van der Waals surface area contributed by atoms with E-state index in [2.05, 4.69) is 70.6 Å². The second-order valence-corrected chi connectivity index (χ2v) is 11.8. The van der Waals surface area contributed by atoms with Gasteiger partial charge in [0.15, 0.2) is 0 Å². The molecule has 1 fully saturated rings. The molecular formula is C30H34FN3O2S2. The Hall–Kier alpha value is -2.49. The van der Waals surface area contributed by atoms with E-state index >= 15 is 0 Å². The number of aryl methyl sites for hydroxylation is 1.